The monoisotopic (exact) mass is 395 g/mol. The van der Waals surface area contributed by atoms with Gasteiger partial charge in [0.1, 0.15) is 11.8 Å². The lowest BCUT2D eigenvalue weighted by Gasteiger charge is -2.42. The average Bonchev–Trinajstić information content (AvgIpc) is 3.33. The Morgan fingerprint density at radius 3 is 2.38 bits per heavy atom. The molecule has 3 aliphatic rings. The second kappa shape index (κ2) is 8.91. The molecule has 1 aromatic heterocycles. The van der Waals surface area contributed by atoms with Gasteiger partial charge in [-0.2, -0.15) is 5.26 Å². The Morgan fingerprint density at radius 2 is 1.72 bits per heavy atom. The Morgan fingerprint density at radius 1 is 0.966 bits per heavy atom. The van der Waals surface area contributed by atoms with Crippen LogP contribution in [0.4, 0.5) is 0 Å². The first kappa shape index (κ1) is 19.8. The highest BCUT2D eigenvalue weighted by molar-refractivity contribution is 5.94. The van der Waals surface area contributed by atoms with E-state index in [2.05, 4.69) is 14.8 Å². The van der Waals surface area contributed by atoms with Gasteiger partial charge in [-0.15, -0.1) is 0 Å². The van der Waals surface area contributed by atoms with Gasteiger partial charge in [0.05, 0.1) is 11.5 Å². The van der Waals surface area contributed by atoms with Crippen LogP contribution in [0.1, 0.15) is 54.6 Å². The van der Waals surface area contributed by atoms with E-state index in [1.54, 1.807) is 12.1 Å². The molecule has 7 nitrogen and oxygen atoms in total. The molecular weight excluding hydrogens is 366 g/mol. The topological polar surface area (TPSA) is 80.5 Å². The van der Waals surface area contributed by atoms with Crippen LogP contribution in [0.5, 0.6) is 0 Å². The number of nitrogens with zero attached hydrogens (tertiary/aromatic N) is 5. The van der Waals surface area contributed by atoms with Crippen LogP contribution in [0.25, 0.3) is 0 Å². The first-order valence-electron chi connectivity index (χ1n) is 10.8. The lowest BCUT2D eigenvalue weighted by molar-refractivity contribution is -0.136. The maximum atomic E-state index is 12.8. The van der Waals surface area contributed by atoms with Crippen molar-refractivity contribution in [3.63, 3.8) is 0 Å². The lowest BCUT2D eigenvalue weighted by atomic mass is 9.92. The van der Waals surface area contributed by atoms with Crippen molar-refractivity contribution < 1.29 is 9.59 Å². The highest BCUT2D eigenvalue weighted by atomic mass is 16.2. The van der Waals surface area contributed by atoms with Crippen molar-refractivity contribution in [3.8, 4) is 6.07 Å². The molecule has 0 N–H and O–H groups in total. The minimum absolute atomic E-state index is 0.0128. The Hall–Kier alpha value is -2.46. The van der Waals surface area contributed by atoms with E-state index in [0.29, 0.717) is 23.2 Å². The van der Waals surface area contributed by atoms with Crippen LogP contribution in [-0.2, 0) is 4.79 Å². The maximum Gasteiger partial charge on any atom is 0.255 e. The molecule has 0 bridgehead atoms. The van der Waals surface area contributed by atoms with Gasteiger partial charge in [-0.05, 0) is 57.2 Å². The zero-order valence-corrected chi connectivity index (χ0v) is 16.9. The number of piperidine rings is 2. The van der Waals surface area contributed by atoms with E-state index in [0.717, 1.165) is 77.8 Å². The molecule has 1 aromatic rings. The number of hydrogen-bond acceptors (Lipinski definition) is 5. The molecule has 7 heteroatoms. The van der Waals surface area contributed by atoms with Gasteiger partial charge in [0.2, 0.25) is 5.91 Å². The molecule has 29 heavy (non-hydrogen) atoms. The second-order valence-corrected chi connectivity index (χ2v) is 8.43. The van der Waals surface area contributed by atoms with Crippen molar-refractivity contribution >= 4 is 11.8 Å². The van der Waals surface area contributed by atoms with E-state index in [1.807, 2.05) is 11.0 Å². The number of hydrogen-bond donors (Lipinski definition) is 0. The maximum absolute atomic E-state index is 12.8. The quantitative estimate of drug-likeness (QED) is 0.781. The van der Waals surface area contributed by atoms with Gasteiger partial charge < -0.3 is 9.80 Å². The number of amides is 2. The molecule has 0 spiro atoms. The zero-order valence-electron chi connectivity index (χ0n) is 16.9. The molecule has 0 aliphatic carbocycles. The molecule has 0 saturated carbocycles. The van der Waals surface area contributed by atoms with Crippen molar-refractivity contribution in [3.05, 3.63) is 29.6 Å². The fourth-order valence-corrected chi connectivity index (χ4v) is 4.94. The molecule has 3 aliphatic heterocycles. The fourth-order valence-electron chi connectivity index (χ4n) is 4.94. The van der Waals surface area contributed by atoms with Crippen LogP contribution in [0, 0.1) is 17.2 Å². The first-order chi connectivity index (χ1) is 14.2. The summed E-state index contributed by atoms with van der Waals surface area (Å²) < 4.78 is 0. The molecular formula is C22H29N5O2. The average molecular weight is 396 g/mol. The van der Waals surface area contributed by atoms with Gasteiger partial charge in [-0.1, -0.05) is 0 Å². The third-order valence-electron chi connectivity index (χ3n) is 6.61. The highest BCUT2D eigenvalue weighted by Crippen LogP contribution is 2.26. The molecule has 154 valence electrons. The summed E-state index contributed by atoms with van der Waals surface area (Å²) in [5.74, 6) is 0.487. The van der Waals surface area contributed by atoms with Crippen molar-refractivity contribution in [1.82, 2.24) is 19.7 Å². The first-order valence-corrected chi connectivity index (χ1v) is 10.8. The van der Waals surface area contributed by atoms with Gasteiger partial charge in [0.25, 0.3) is 5.91 Å². The number of aromatic nitrogens is 1. The number of rotatable bonds is 3. The molecule has 0 aromatic carbocycles. The molecule has 1 atom stereocenters. The normalized spacial score (nSPS) is 23.8. The highest BCUT2D eigenvalue weighted by Gasteiger charge is 2.34. The van der Waals surface area contributed by atoms with E-state index < -0.39 is 0 Å². The Balaban J connectivity index is 1.30. The molecule has 0 unspecified atom stereocenters. The third-order valence-corrected chi connectivity index (χ3v) is 6.61. The van der Waals surface area contributed by atoms with E-state index in [-0.39, 0.29) is 11.8 Å². The number of likely N-dealkylation sites (tertiary alicyclic amines) is 3. The van der Waals surface area contributed by atoms with Crippen LogP contribution in [0.15, 0.2) is 18.3 Å². The molecule has 3 fully saturated rings. The summed E-state index contributed by atoms with van der Waals surface area (Å²) in [6, 6.07) is 5.69. The second-order valence-electron chi connectivity index (χ2n) is 8.43. The molecule has 4 heterocycles. The molecule has 4 rings (SSSR count). The van der Waals surface area contributed by atoms with Crippen molar-refractivity contribution in [2.75, 3.05) is 39.3 Å². The Bertz CT molecular complexity index is 773. The lowest BCUT2D eigenvalue weighted by Crippen LogP contribution is -2.51. The van der Waals surface area contributed by atoms with Gasteiger partial charge in [-0.25, -0.2) is 4.98 Å². The summed E-state index contributed by atoms with van der Waals surface area (Å²) in [6.07, 6.45) is 7.76. The standard InChI is InChI=1S/C22H29N5O2/c23-14-19-6-5-17(15-24-19)21(28)26-12-7-20(8-13-26)27-11-3-4-18(16-27)22(29)25-9-1-2-10-25/h5-6,15,18,20H,1-4,7-13,16H2/t18-/m0/s1. The van der Waals surface area contributed by atoms with Crippen LogP contribution in [0.2, 0.25) is 0 Å². The molecule has 2 amide bonds. The van der Waals surface area contributed by atoms with Crippen LogP contribution in [0.3, 0.4) is 0 Å². The zero-order chi connectivity index (χ0) is 20.2. The van der Waals surface area contributed by atoms with Gasteiger partial charge in [0, 0.05) is 45.0 Å². The number of nitriles is 1. The summed E-state index contributed by atoms with van der Waals surface area (Å²) in [5.41, 5.74) is 0.861. The van der Waals surface area contributed by atoms with Crippen molar-refractivity contribution in [2.45, 2.75) is 44.6 Å². The minimum atomic E-state index is -0.0128. The third kappa shape index (κ3) is 4.43. The van der Waals surface area contributed by atoms with Crippen LogP contribution < -0.4 is 0 Å². The Labute approximate surface area is 172 Å². The summed E-state index contributed by atoms with van der Waals surface area (Å²) >= 11 is 0. The number of carbonyl (C=O) groups is 2. The van der Waals surface area contributed by atoms with Crippen molar-refractivity contribution in [1.29, 1.82) is 5.26 Å². The van der Waals surface area contributed by atoms with E-state index in [4.69, 9.17) is 5.26 Å². The number of carbonyl (C=O) groups excluding carboxylic acids is 2. The molecule has 3 saturated heterocycles. The predicted octanol–water partition coefficient (Wildman–Crippen LogP) is 1.89. The van der Waals surface area contributed by atoms with Gasteiger partial charge >= 0.3 is 0 Å². The Kier molecular flexibility index (Phi) is 6.10. The summed E-state index contributed by atoms with van der Waals surface area (Å²) in [6.45, 7) is 5.24. The SMILES string of the molecule is N#Cc1ccc(C(=O)N2CCC(N3CCC[C@H](C(=O)N4CCCC4)C3)CC2)cn1. The number of pyridine rings is 1. The van der Waals surface area contributed by atoms with Crippen LogP contribution in [-0.4, -0.2) is 76.8 Å². The fraction of sp³-hybridized carbons (Fsp3) is 0.636. The summed E-state index contributed by atoms with van der Waals surface area (Å²) in [7, 11) is 0. The predicted molar refractivity (Wildman–Crippen MR) is 108 cm³/mol. The van der Waals surface area contributed by atoms with Crippen molar-refractivity contribution in [2.24, 2.45) is 5.92 Å². The van der Waals surface area contributed by atoms with E-state index >= 15 is 0 Å². The van der Waals surface area contributed by atoms with Gasteiger partial charge in [-0.3, -0.25) is 14.5 Å². The summed E-state index contributed by atoms with van der Waals surface area (Å²) in [4.78, 5) is 35.9. The smallest absolute Gasteiger partial charge is 0.255 e. The minimum Gasteiger partial charge on any atom is -0.342 e. The van der Waals surface area contributed by atoms with Gasteiger partial charge in [0.15, 0.2) is 0 Å². The van der Waals surface area contributed by atoms with E-state index in [1.165, 1.54) is 6.20 Å². The molecule has 0 radical (unpaired) electrons. The van der Waals surface area contributed by atoms with Crippen LogP contribution >= 0.6 is 0 Å². The largest absolute Gasteiger partial charge is 0.342 e. The summed E-state index contributed by atoms with van der Waals surface area (Å²) in [5, 5.41) is 8.85. The van der Waals surface area contributed by atoms with E-state index in [9.17, 15) is 9.59 Å².